The quantitative estimate of drug-likeness (QED) is 0.748. The fraction of sp³-hybridized carbons (Fsp3) is 0.133. The van der Waals surface area contributed by atoms with E-state index in [1.807, 2.05) is 42.1 Å². The van der Waals surface area contributed by atoms with Crippen molar-refractivity contribution in [1.82, 2.24) is 9.78 Å². The van der Waals surface area contributed by atoms with Gasteiger partial charge >= 0.3 is 0 Å². The van der Waals surface area contributed by atoms with Gasteiger partial charge in [0.15, 0.2) is 0 Å². The predicted octanol–water partition coefficient (Wildman–Crippen LogP) is 4.60. The molecule has 0 spiro atoms. The zero-order chi connectivity index (χ0) is 14.1. The number of nitrogens with one attached hydrogen (secondary N) is 1. The van der Waals surface area contributed by atoms with Gasteiger partial charge in [-0.05, 0) is 24.3 Å². The summed E-state index contributed by atoms with van der Waals surface area (Å²) in [5.74, 6) is 0. The molecule has 0 aliphatic carbocycles. The lowest BCUT2D eigenvalue weighted by Crippen LogP contribution is -2.02. The largest absolute Gasteiger partial charge is 0.378 e. The Kier molecular flexibility index (Phi) is 3.68. The predicted molar refractivity (Wildman–Crippen MR) is 87.2 cm³/mol. The highest BCUT2D eigenvalue weighted by Gasteiger charge is 2.08. The highest BCUT2D eigenvalue weighted by atomic mass is 79.9. The van der Waals surface area contributed by atoms with Gasteiger partial charge in [0.25, 0.3) is 0 Å². The first kappa shape index (κ1) is 13.5. The third-order valence-electron chi connectivity index (χ3n) is 3.21. The second kappa shape index (κ2) is 5.46. The smallest absolute Gasteiger partial charge is 0.0894 e. The molecule has 0 saturated carbocycles. The lowest BCUT2D eigenvalue weighted by molar-refractivity contribution is 0.771. The summed E-state index contributed by atoms with van der Waals surface area (Å²) in [5, 5.41) is 9.76. The number of halogens is 2. The van der Waals surface area contributed by atoms with Gasteiger partial charge in [-0.1, -0.05) is 45.7 Å². The molecule has 1 heterocycles. The molecule has 0 fully saturated rings. The van der Waals surface area contributed by atoms with E-state index >= 15 is 0 Å². The van der Waals surface area contributed by atoms with Crippen LogP contribution in [0.3, 0.4) is 0 Å². The lowest BCUT2D eigenvalue weighted by atomic mass is 10.2. The molecule has 0 saturated heterocycles. The molecule has 0 amide bonds. The normalized spacial score (nSPS) is 10.9. The standard InChI is InChI=1S/C15H13BrClN3/c1-20-15-5-3-2-4-11(15)14(19-20)9-18-13-8-10(16)6-7-12(13)17/h2-8,18H,9H2,1H3. The van der Waals surface area contributed by atoms with Crippen molar-refractivity contribution < 1.29 is 0 Å². The molecule has 20 heavy (non-hydrogen) atoms. The van der Waals surface area contributed by atoms with Crippen LogP contribution in [-0.4, -0.2) is 9.78 Å². The van der Waals surface area contributed by atoms with Gasteiger partial charge in [-0.15, -0.1) is 0 Å². The average molecular weight is 351 g/mol. The Morgan fingerprint density at radius 1 is 1.25 bits per heavy atom. The van der Waals surface area contributed by atoms with Gasteiger partial charge in [-0.2, -0.15) is 5.10 Å². The fourth-order valence-corrected chi connectivity index (χ4v) is 2.78. The number of fused-ring (bicyclic) bond motifs is 1. The molecule has 1 N–H and O–H groups in total. The first-order chi connectivity index (χ1) is 9.65. The van der Waals surface area contributed by atoms with Gasteiger partial charge in [0.2, 0.25) is 0 Å². The van der Waals surface area contributed by atoms with Gasteiger partial charge in [0.05, 0.1) is 28.5 Å². The van der Waals surface area contributed by atoms with Crippen molar-refractivity contribution >= 4 is 44.1 Å². The number of aromatic nitrogens is 2. The third-order valence-corrected chi connectivity index (χ3v) is 4.03. The Morgan fingerprint density at radius 2 is 2.05 bits per heavy atom. The number of benzene rings is 2. The van der Waals surface area contributed by atoms with E-state index in [4.69, 9.17) is 11.6 Å². The molecule has 0 aliphatic heterocycles. The van der Waals surface area contributed by atoms with Crippen LogP contribution in [0.25, 0.3) is 10.9 Å². The van der Waals surface area contributed by atoms with Crippen molar-refractivity contribution in [2.75, 3.05) is 5.32 Å². The molecule has 0 unspecified atom stereocenters. The molecule has 1 aromatic heterocycles. The zero-order valence-electron chi connectivity index (χ0n) is 10.9. The fourth-order valence-electron chi connectivity index (χ4n) is 2.23. The molecule has 102 valence electrons. The Labute approximate surface area is 130 Å². The van der Waals surface area contributed by atoms with Gasteiger partial charge in [0, 0.05) is 16.9 Å². The van der Waals surface area contributed by atoms with E-state index in [2.05, 4.69) is 38.5 Å². The van der Waals surface area contributed by atoms with E-state index in [-0.39, 0.29) is 0 Å². The number of aryl methyl sites for hydroxylation is 1. The van der Waals surface area contributed by atoms with E-state index in [1.165, 1.54) is 0 Å². The minimum atomic E-state index is 0.636. The maximum absolute atomic E-state index is 6.18. The van der Waals surface area contributed by atoms with Crippen molar-refractivity contribution in [3.63, 3.8) is 0 Å². The molecule has 0 radical (unpaired) electrons. The molecule has 3 rings (SSSR count). The average Bonchev–Trinajstić information content (AvgIpc) is 2.77. The van der Waals surface area contributed by atoms with E-state index in [9.17, 15) is 0 Å². The van der Waals surface area contributed by atoms with Crippen LogP contribution in [0, 0.1) is 0 Å². The molecular formula is C15H13BrClN3. The summed E-state index contributed by atoms with van der Waals surface area (Å²) in [6, 6.07) is 14.0. The van der Waals surface area contributed by atoms with Crippen molar-refractivity contribution in [2.45, 2.75) is 6.54 Å². The summed E-state index contributed by atoms with van der Waals surface area (Å²) in [6.07, 6.45) is 0. The Morgan fingerprint density at radius 3 is 2.90 bits per heavy atom. The van der Waals surface area contributed by atoms with Crippen LogP contribution in [0.15, 0.2) is 46.9 Å². The third kappa shape index (κ3) is 2.53. The number of rotatable bonds is 3. The Balaban J connectivity index is 1.89. The minimum absolute atomic E-state index is 0.636. The van der Waals surface area contributed by atoms with E-state index in [0.717, 1.165) is 26.8 Å². The first-order valence-corrected chi connectivity index (χ1v) is 7.42. The van der Waals surface area contributed by atoms with Crippen LogP contribution in [0.5, 0.6) is 0 Å². The van der Waals surface area contributed by atoms with E-state index in [0.29, 0.717) is 11.6 Å². The van der Waals surface area contributed by atoms with Gasteiger partial charge in [-0.3, -0.25) is 4.68 Å². The van der Waals surface area contributed by atoms with Crippen LogP contribution >= 0.6 is 27.5 Å². The molecule has 0 aliphatic rings. The number of hydrogen-bond acceptors (Lipinski definition) is 2. The highest BCUT2D eigenvalue weighted by molar-refractivity contribution is 9.10. The summed E-state index contributed by atoms with van der Waals surface area (Å²) >= 11 is 9.62. The summed E-state index contributed by atoms with van der Waals surface area (Å²) in [6.45, 7) is 0.636. The summed E-state index contributed by atoms with van der Waals surface area (Å²) in [7, 11) is 1.96. The Bertz CT molecular complexity index is 767. The van der Waals surface area contributed by atoms with Crippen molar-refractivity contribution in [1.29, 1.82) is 0 Å². The molecule has 3 aromatic rings. The van der Waals surface area contributed by atoms with Crippen LogP contribution in [0.4, 0.5) is 5.69 Å². The van der Waals surface area contributed by atoms with Crippen LogP contribution in [0.2, 0.25) is 5.02 Å². The minimum Gasteiger partial charge on any atom is -0.378 e. The number of para-hydroxylation sites is 1. The van der Waals surface area contributed by atoms with Crippen molar-refractivity contribution in [3.8, 4) is 0 Å². The number of nitrogens with zero attached hydrogens (tertiary/aromatic N) is 2. The number of hydrogen-bond donors (Lipinski definition) is 1. The van der Waals surface area contributed by atoms with Gasteiger partial charge in [-0.25, -0.2) is 0 Å². The summed E-state index contributed by atoms with van der Waals surface area (Å²) in [4.78, 5) is 0. The monoisotopic (exact) mass is 349 g/mol. The van der Waals surface area contributed by atoms with E-state index in [1.54, 1.807) is 0 Å². The molecular weight excluding hydrogens is 338 g/mol. The van der Waals surface area contributed by atoms with E-state index < -0.39 is 0 Å². The molecule has 0 bridgehead atoms. The van der Waals surface area contributed by atoms with Crippen molar-refractivity contribution in [2.24, 2.45) is 7.05 Å². The van der Waals surface area contributed by atoms with Crippen LogP contribution in [-0.2, 0) is 13.6 Å². The van der Waals surface area contributed by atoms with Gasteiger partial charge < -0.3 is 5.32 Å². The van der Waals surface area contributed by atoms with Gasteiger partial charge in [0.1, 0.15) is 0 Å². The molecule has 5 heteroatoms. The Hall–Kier alpha value is -1.52. The summed E-state index contributed by atoms with van der Waals surface area (Å²) < 4.78 is 2.89. The molecule has 0 atom stereocenters. The molecule has 2 aromatic carbocycles. The maximum Gasteiger partial charge on any atom is 0.0894 e. The number of anilines is 1. The highest BCUT2D eigenvalue weighted by Crippen LogP contribution is 2.27. The van der Waals surface area contributed by atoms with Crippen LogP contribution < -0.4 is 5.32 Å². The lowest BCUT2D eigenvalue weighted by Gasteiger charge is -2.07. The SMILES string of the molecule is Cn1nc(CNc2cc(Br)ccc2Cl)c2ccccc21. The van der Waals surface area contributed by atoms with Crippen LogP contribution in [0.1, 0.15) is 5.69 Å². The first-order valence-electron chi connectivity index (χ1n) is 6.24. The van der Waals surface area contributed by atoms with Crippen molar-refractivity contribution in [3.05, 3.63) is 57.7 Å². The zero-order valence-corrected chi connectivity index (χ0v) is 13.2. The summed E-state index contributed by atoms with van der Waals surface area (Å²) in [5.41, 5.74) is 3.04. The maximum atomic E-state index is 6.18. The second-order valence-corrected chi connectivity index (χ2v) is 5.89. The second-order valence-electron chi connectivity index (χ2n) is 4.57. The molecule has 3 nitrogen and oxygen atoms in total. The topological polar surface area (TPSA) is 29.9 Å².